The van der Waals surface area contributed by atoms with Crippen LogP contribution in [0, 0.1) is 0 Å². The van der Waals surface area contributed by atoms with Crippen LogP contribution in [0.5, 0.6) is 5.75 Å². The zero-order valence-electron chi connectivity index (χ0n) is 13.5. The van der Waals surface area contributed by atoms with E-state index in [1.165, 1.54) is 5.56 Å². The molecular weight excluding hydrogens is 316 g/mol. The molecule has 114 valence electrons. The number of likely N-dealkylation sites (N-methyl/N-ethyl adjacent to an activating group) is 2. The Morgan fingerprint density at radius 1 is 1.35 bits per heavy atom. The number of nitrogens with zero attached hydrogens (tertiary/aromatic N) is 1. The summed E-state index contributed by atoms with van der Waals surface area (Å²) in [4.78, 5) is 2.27. The van der Waals surface area contributed by atoms with Crippen LogP contribution in [0.3, 0.4) is 0 Å². The van der Waals surface area contributed by atoms with E-state index in [0.717, 1.165) is 23.2 Å². The van der Waals surface area contributed by atoms with Gasteiger partial charge in [-0.1, -0.05) is 22.9 Å². The van der Waals surface area contributed by atoms with E-state index >= 15 is 0 Å². The SMILES string of the molecule is CCNC(Cc1cc(Br)ccc1OC)C(C)(C)N(C)C. The number of halogens is 1. The van der Waals surface area contributed by atoms with Gasteiger partial charge in [-0.05, 0) is 64.7 Å². The smallest absolute Gasteiger partial charge is 0.122 e. The molecule has 1 aromatic carbocycles. The van der Waals surface area contributed by atoms with Gasteiger partial charge in [-0.25, -0.2) is 0 Å². The fraction of sp³-hybridized carbons (Fsp3) is 0.625. The summed E-state index contributed by atoms with van der Waals surface area (Å²) in [6, 6.07) is 6.53. The summed E-state index contributed by atoms with van der Waals surface area (Å²) in [6.45, 7) is 7.64. The van der Waals surface area contributed by atoms with E-state index in [1.807, 2.05) is 12.1 Å². The number of methoxy groups -OCH3 is 1. The molecule has 1 aromatic rings. The van der Waals surface area contributed by atoms with Gasteiger partial charge >= 0.3 is 0 Å². The lowest BCUT2D eigenvalue weighted by Crippen LogP contribution is -2.56. The van der Waals surface area contributed by atoms with Gasteiger partial charge in [0.1, 0.15) is 5.75 Å². The van der Waals surface area contributed by atoms with Crippen molar-refractivity contribution in [2.45, 2.75) is 38.8 Å². The fourth-order valence-electron chi connectivity index (χ4n) is 2.26. The first-order valence-corrected chi connectivity index (χ1v) is 7.85. The Morgan fingerprint density at radius 3 is 2.50 bits per heavy atom. The van der Waals surface area contributed by atoms with E-state index < -0.39 is 0 Å². The molecule has 0 aliphatic heterocycles. The second kappa shape index (κ2) is 7.43. The summed E-state index contributed by atoms with van der Waals surface area (Å²) in [5.74, 6) is 0.950. The average molecular weight is 343 g/mol. The maximum absolute atomic E-state index is 5.49. The summed E-state index contributed by atoms with van der Waals surface area (Å²) in [7, 11) is 5.98. The molecule has 0 fully saturated rings. The molecule has 1 unspecified atom stereocenters. The maximum atomic E-state index is 5.49. The molecule has 1 N–H and O–H groups in total. The first kappa shape index (κ1) is 17.5. The van der Waals surface area contributed by atoms with Gasteiger partial charge in [0.15, 0.2) is 0 Å². The Kier molecular flexibility index (Phi) is 6.49. The number of hydrogen-bond acceptors (Lipinski definition) is 3. The van der Waals surface area contributed by atoms with E-state index in [2.05, 4.69) is 67.1 Å². The van der Waals surface area contributed by atoms with Crippen molar-refractivity contribution in [2.75, 3.05) is 27.7 Å². The Labute approximate surface area is 131 Å². The van der Waals surface area contributed by atoms with Gasteiger partial charge < -0.3 is 15.0 Å². The monoisotopic (exact) mass is 342 g/mol. The first-order valence-electron chi connectivity index (χ1n) is 7.06. The van der Waals surface area contributed by atoms with Crippen molar-refractivity contribution in [3.05, 3.63) is 28.2 Å². The van der Waals surface area contributed by atoms with Crippen LogP contribution in [-0.2, 0) is 6.42 Å². The lowest BCUT2D eigenvalue weighted by molar-refractivity contribution is 0.137. The van der Waals surface area contributed by atoms with Crippen molar-refractivity contribution in [1.29, 1.82) is 0 Å². The Balaban J connectivity index is 3.04. The second-order valence-electron chi connectivity index (χ2n) is 5.82. The molecule has 0 saturated carbocycles. The van der Waals surface area contributed by atoms with Gasteiger partial charge in [0.05, 0.1) is 7.11 Å². The molecule has 0 saturated heterocycles. The van der Waals surface area contributed by atoms with Crippen molar-refractivity contribution in [2.24, 2.45) is 0 Å². The lowest BCUT2D eigenvalue weighted by Gasteiger charge is -2.41. The normalized spacial score (nSPS) is 13.6. The maximum Gasteiger partial charge on any atom is 0.122 e. The molecule has 0 spiro atoms. The van der Waals surface area contributed by atoms with Crippen LogP contribution in [0.2, 0.25) is 0 Å². The predicted octanol–water partition coefficient (Wildman–Crippen LogP) is 3.32. The van der Waals surface area contributed by atoms with Crippen LogP contribution in [0.25, 0.3) is 0 Å². The third-order valence-corrected chi connectivity index (χ3v) is 4.62. The Morgan fingerprint density at radius 2 is 2.00 bits per heavy atom. The van der Waals surface area contributed by atoms with Crippen molar-refractivity contribution < 1.29 is 4.74 Å². The summed E-state index contributed by atoms with van der Waals surface area (Å²) >= 11 is 3.55. The highest BCUT2D eigenvalue weighted by Crippen LogP contribution is 2.27. The van der Waals surface area contributed by atoms with Crippen LogP contribution in [0.1, 0.15) is 26.3 Å². The molecule has 0 aliphatic rings. The molecule has 20 heavy (non-hydrogen) atoms. The van der Waals surface area contributed by atoms with E-state index in [9.17, 15) is 0 Å². The van der Waals surface area contributed by atoms with Gasteiger partial charge in [-0.15, -0.1) is 0 Å². The van der Waals surface area contributed by atoms with Crippen molar-refractivity contribution in [1.82, 2.24) is 10.2 Å². The summed E-state index contributed by atoms with van der Waals surface area (Å²) in [6.07, 6.45) is 0.932. The van der Waals surface area contributed by atoms with Gasteiger partial charge in [0, 0.05) is 16.1 Å². The topological polar surface area (TPSA) is 24.5 Å². The zero-order valence-corrected chi connectivity index (χ0v) is 15.0. The molecule has 4 heteroatoms. The van der Waals surface area contributed by atoms with Gasteiger partial charge in [-0.3, -0.25) is 0 Å². The summed E-state index contributed by atoms with van der Waals surface area (Å²) in [5, 5.41) is 3.61. The molecule has 0 bridgehead atoms. The van der Waals surface area contributed by atoms with E-state index in [-0.39, 0.29) is 5.54 Å². The van der Waals surface area contributed by atoms with Crippen molar-refractivity contribution in [3.63, 3.8) is 0 Å². The molecule has 0 radical (unpaired) electrons. The minimum Gasteiger partial charge on any atom is -0.496 e. The largest absolute Gasteiger partial charge is 0.496 e. The highest BCUT2D eigenvalue weighted by atomic mass is 79.9. The molecule has 0 aliphatic carbocycles. The molecule has 1 atom stereocenters. The van der Waals surface area contributed by atoms with Crippen LogP contribution in [-0.4, -0.2) is 44.2 Å². The summed E-state index contributed by atoms with van der Waals surface area (Å²) < 4.78 is 6.58. The summed E-state index contributed by atoms with van der Waals surface area (Å²) in [5.41, 5.74) is 1.28. The van der Waals surface area contributed by atoms with Crippen LogP contribution in [0.15, 0.2) is 22.7 Å². The van der Waals surface area contributed by atoms with Gasteiger partial charge in [-0.2, -0.15) is 0 Å². The molecule has 0 heterocycles. The van der Waals surface area contributed by atoms with E-state index in [1.54, 1.807) is 7.11 Å². The molecular formula is C16H27BrN2O. The highest BCUT2D eigenvalue weighted by Gasteiger charge is 2.31. The zero-order chi connectivity index (χ0) is 15.3. The number of hydrogen-bond donors (Lipinski definition) is 1. The lowest BCUT2D eigenvalue weighted by atomic mass is 9.87. The van der Waals surface area contributed by atoms with Crippen LogP contribution >= 0.6 is 15.9 Å². The Hall–Kier alpha value is -0.580. The average Bonchev–Trinajstić information content (AvgIpc) is 2.38. The van der Waals surface area contributed by atoms with Crippen LogP contribution in [0.4, 0.5) is 0 Å². The second-order valence-corrected chi connectivity index (χ2v) is 6.73. The van der Waals surface area contributed by atoms with Gasteiger partial charge in [0.2, 0.25) is 0 Å². The third kappa shape index (κ3) is 4.21. The fourth-order valence-corrected chi connectivity index (χ4v) is 2.66. The Bertz CT molecular complexity index is 432. The number of ether oxygens (including phenoxy) is 1. The van der Waals surface area contributed by atoms with Gasteiger partial charge in [0.25, 0.3) is 0 Å². The highest BCUT2D eigenvalue weighted by molar-refractivity contribution is 9.10. The molecule has 0 amide bonds. The molecule has 3 nitrogen and oxygen atoms in total. The quantitative estimate of drug-likeness (QED) is 0.822. The predicted molar refractivity (Wildman–Crippen MR) is 89.6 cm³/mol. The molecule has 0 aromatic heterocycles. The standard InChI is InChI=1S/C16H27BrN2O/c1-7-18-15(16(2,3)19(4)5)11-12-10-13(17)8-9-14(12)20-6/h8-10,15,18H,7,11H2,1-6H3. The van der Waals surface area contributed by atoms with E-state index in [0.29, 0.717) is 6.04 Å². The van der Waals surface area contributed by atoms with Crippen LogP contribution < -0.4 is 10.1 Å². The van der Waals surface area contributed by atoms with Crippen molar-refractivity contribution >= 4 is 15.9 Å². The number of nitrogens with one attached hydrogen (secondary N) is 1. The number of rotatable bonds is 7. The number of benzene rings is 1. The third-order valence-electron chi connectivity index (χ3n) is 4.12. The molecule has 1 rings (SSSR count). The first-order chi connectivity index (χ1) is 9.32. The minimum absolute atomic E-state index is 0.0589. The minimum atomic E-state index is 0.0589. The van der Waals surface area contributed by atoms with E-state index in [4.69, 9.17) is 4.74 Å². The van der Waals surface area contributed by atoms with Crippen molar-refractivity contribution in [3.8, 4) is 5.75 Å².